The van der Waals surface area contributed by atoms with Gasteiger partial charge in [-0.25, -0.2) is 0 Å². The molecule has 0 N–H and O–H groups in total. The molecule has 1 aromatic carbocycles. The normalized spacial score (nSPS) is 24.2. The number of carbonyl (C=O) groups is 1. The van der Waals surface area contributed by atoms with E-state index < -0.39 is 0 Å². The van der Waals surface area contributed by atoms with Crippen molar-refractivity contribution in [2.45, 2.75) is 45.4 Å². The van der Waals surface area contributed by atoms with Crippen LogP contribution in [0.5, 0.6) is 0 Å². The van der Waals surface area contributed by atoms with E-state index in [1.165, 1.54) is 11.1 Å². The Morgan fingerprint density at radius 3 is 2.12 bits per heavy atom. The van der Waals surface area contributed by atoms with Crippen molar-refractivity contribution in [3.05, 3.63) is 35.4 Å². The standard InChI is InChI=1S/C15H20O/c1-10(16)13-9-14(13)11-5-7-12(8-6-11)15(2,3)4/h5-8,13-14H,9H2,1-4H3/t13-,14?/m1/s1. The minimum Gasteiger partial charge on any atom is -0.300 e. The Labute approximate surface area is 97.9 Å². The molecule has 0 amide bonds. The van der Waals surface area contributed by atoms with Gasteiger partial charge in [-0.05, 0) is 35.8 Å². The van der Waals surface area contributed by atoms with E-state index in [0.29, 0.717) is 17.6 Å². The summed E-state index contributed by atoms with van der Waals surface area (Å²) in [7, 11) is 0. The maximum absolute atomic E-state index is 11.2. The van der Waals surface area contributed by atoms with Crippen LogP contribution >= 0.6 is 0 Å². The average molecular weight is 216 g/mol. The van der Waals surface area contributed by atoms with Crippen LogP contribution in [0.1, 0.15) is 51.2 Å². The van der Waals surface area contributed by atoms with Crippen LogP contribution in [0.2, 0.25) is 0 Å². The third-order valence-electron chi connectivity index (χ3n) is 3.52. The molecule has 1 fully saturated rings. The van der Waals surface area contributed by atoms with Crippen molar-refractivity contribution in [1.82, 2.24) is 0 Å². The molecule has 0 saturated heterocycles. The lowest BCUT2D eigenvalue weighted by molar-refractivity contribution is -0.118. The smallest absolute Gasteiger partial charge is 0.133 e. The highest BCUT2D eigenvalue weighted by Gasteiger charge is 2.41. The number of ketones is 1. The van der Waals surface area contributed by atoms with Crippen molar-refractivity contribution in [3.8, 4) is 0 Å². The third kappa shape index (κ3) is 2.18. The monoisotopic (exact) mass is 216 g/mol. The summed E-state index contributed by atoms with van der Waals surface area (Å²) in [6, 6.07) is 8.78. The molecule has 2 atom stereocenters. The van der Waals surface area contributed by atoms with Crippen molar-refractivity contribution in [3.63, 3.8) is 0 Å². The van der Waals surface area contributed by atoms with E-state index in [1.807, 2.05) is 0 Å². The van der Waals surface area contributed by atoms with Crippen LogP contribution in [0, 0.1) is 5.92 Å². The number of hydrogen-bond donors (Lipinski definition) is 0. The highest BCUT2D eigenvalue weighted by atomic mass is 16.1. The zero-order chi connectivity index (χ0) is 11.9. The maximum atomic E-state index is 11.2. The largest absolute Gasteiger partial charge is 0.300 e. The molecule has 2 rings (SSSR count). The third-order valence-corrected chi connectivity index (χ3v) is 3.52. The molecular formula is C15H20O. The second-order valence-electron chi connectivity index (χ2n) is 5.93. The van der Waals surface area contributed by atoms with Crippen molar-refractivity contribution in [2.24, 2.45) is 5.92 Å². The molecule has 1 aliphatic rings. The number of carbonyl (C=O) groups excluding carboxylic acids is 1. The highest BCUT2D eigenvalue weighted by molar-refractivity contribution is 5.82. The zero-order valence-electron chi connectivity index (χ0n) is 10.6. The molecule has 1 saturated carbocycles. The van der Waals surface area contributed by atoms with Crippen LogP contribution in [0.3, 0.4) is 0 Å². The lowest BCUT2D eigenvalue weighted by atomic mass is 9.86. The van der Waals surface area contributed by atoms with Crippen LogP contribution in [0.25, 0.3) is 0 Å². The van der Waals surface area contributed by atoms with Gasteiger partial charge < -0.3 is 0 Å². The van der Waals surface area contributed by atoms with Gasteiger partial charge in [-0.3, -0.25) is 4.79 Å². The summed E-state index contributed by atoms with van der Waals surface area (Å²) in [5.74, 6) is 1.12. The molecule has 0 spiro atoms. The summed E-state index contributed by atoms with van der Waals surface area (Å²) in [4.78, 5) is 11.2. The molecule has 1 aliphatic carbocycles. The second kappa shape index (κ2) is 3.73. The van der Waals surface area contributed by atoms with Gasteiger partial charge in [0.15, 0.2) is 0 Å². The first kappa shape index (κ1) is 11.4. The Balaban J connectivity index is 2.13. The Kier molecular flexibility index (Phi) is 2.65. The summed E-state index contributed by atoms with van der Waals surface area (Å²) in [5.41, 5.74) is 2.90. The van der Waals surface area contributed by atoms with Gasteiger partial charge in [0.25, 0.3) is 0 Å². The van der Waals surface area contributed by atoms with Crippen molar-refractivity contribution in [2.75, 3.05) is 0 Å². The molecule has 86 valence electrons. The lowest BCUT2D eigenvalue weighted by Gasteiger charge is -2.19. The molecule has 0 aromatic heterocycles. The Morgan fingerprint density at radius 1 is 1.19 bits per heavy atom. The van der Waals surface area contributed by atoms with Crippen LogP contribution < -0.4 is 0 Å². The quantitative estimate of drug-likeness (QED) is 0.737. The first-order valence-corrected chi connectivity index (χ1v) is 6.00. The number of hydrogen-bond acceptors (Lipinski definition) is 1. The van der Waals surface area contributed by atoms with E-state index in [1.54, 1.807) is 6.92 Å². The molecule has 1 nitrogen and oxygen atoms in total. The van der Waals surface area contributed by atoms with E-state index in [2.05, 4.69) is 45.0 Å². The van der Waals surface area contributed by atoms with E-state index in [-0.39, 0.29) is 5.41 Å². The molecule has 1 unspecified atom stereocenters. The van der Waals surface area contributed by atoms with Crippen molar-refractivity contribution in [1.29, 1.82) is 0 Å². The minimum atomic E-state index is 0.210. The van der Waals surface area contributed by atoms with Gasteiger partial charge in [0.1, 0.15) is 5.78 Å². The van der Waals surface area contributed by atoms with Crippen LogP contribution in [-0.4, -0.2) is 5.78 Å². The average Bonchev–Trinajstić information content (AvgIpc) is 2.96. The topological polar surface area (TPSA) is 17.1 Å². The molecule has 1 heteroatoms. The van der Waals surface area contributed by atoms with Gasteiger partial charge in [0.05, 0.1) is 0 Å². The summed E-state index contributed by atoms with van der Waals surface area (Å²) in [6.45, 7) is 8.36. The van der Waals surface area contributed by atoms with Crippen LogP contribution in [-0.2, 0) is 10.2 Å². The molecule has 0 bridgehead atoms. The Morgan fingerprint density at radius 2 is 1.75 bits per heavy atom. The van der Waals surface area contributed by atoms with Gasteiger partial charge in [0, 0.05) is 5.92 Å². The first-order chi connectivity index (χ1) is 7.39. The van der Waals surface area contributed by atoms with Crippen molar-refractivity contribution < 1.29 is 4.79 Å². The van der Waals surface area contributed by atoms with E-state index in [9.17, 15) is 4.79 Å². The van der Waals surface area contributed by atoms with Gasteiger partial charge >= 0.3 is 0 Å². The maximum Gasteiger partial charge on any atom is 0.133 e. The van der Waals surface area contributed by atoms with Gasteiger partial charge in [-0.2, -0.15) is 0 Å². The lowest BCUT2D eigenvalue weighted by Crippen LogP contribution is -2.10. The van der Waals surface area contributed by atoms with Crippen molar-refractivity contribution >= 4 is 5.78 Å². The Hall–Kier alpha value is -1.11. The summed E-state index contributed by atoms with van der Waals surface area (Å²) in [6.07, 6.45) is 1.05. The number of Topliss-reactive ketones (excluding diaryl/α,β-unsaturated/α-hetero) is 1. The Bertz CT molecular complexity index is 394. The predicted molar refractivity (Wildman–Crippen MR) is 66.7 cm³/mol. The zero-order valence-corrected chi connectivity index (χ0v) is 10.6. The van der Waals surface area contributed by atoms with E-state index in [4.69, 9.17) is 0 Å². The second-order valence-corrected chi connectivity index (χ2v) is 5.93. The first-order valence-electron chi connectivity index (χ1n) is 6.00. The van der Waals surface area contributed by atoms with E-state index in [0.717, 1.165) is 6.42 Å². The minimum absolute atomic E-state index is 0.210. The summed E-state index contributed by atoms with van der Waals surface area (Å²) in [5, 5.41) is 0. The molecule has 16 heavy (non-hydrogen) atoms. The summed E-state index contributed by atoms with van der Waals surface area (Å²) >= 11 is 0. The molecule has 0 radical (unpaired) electrons. The molecule has 1 aromatic rings. The van der Waals surface area contributed by atoms with Crippen LogP contribution in [0.4, 0.5) is 0 Å². The number of rotatable bonds is 2. The van der Waals surface area contributed by atoms with Gasteiger partial charge in [-0.15, -0.1) is 0 Å². The fourth-order valence-electron chi connectivity index (χ4n) is 2.24. The molecule has 0 aliphatic heterocycles. The fraction of sp³-hybridized carbons (Fsp3) is 0.533. The summed E-state index contributed by atoms with van der Waals surface area (Å²) < 4.78 is 0. The van der Waals surface area contributed by atoms with E-state index >= 15 is 0 Å². The molecule has 0 heterocycles. The number of benzene rings is 1. The predicted octanol–water partition coefficient (Wildman–Crippen LogP) is 3.68. The van der Waals surface area contributed by atoms with Gasteiger partial charge in [-0.1, -0.05) is 45.0 Å². The van der Waals surface area contributed by atoms with Crippen LogP contribution in [0.15, 0.2) is 24.3 Å². The highest BCUT2D eigenvalue weighted by Crippen LogP contribution is 2.48. The van der Waals surface area contributed by atoms with Gasteiger partial charge in [0.2, 0.25) is 0 Å². The fourth-order valence-corrected chi connectivity index (χ4v) is 2.24. The molecular weight excluding hydrogens is 196 g/mol. The SMILES string of the molecule is CC(=O)[C@H]1CC1c1ccc(C(C)(C)C)cc1.